The molecule has 7 heteroatoms. The molecule has 26 heavy (non-hydrogen) atoms. The molecule has 3 heterocycles. The molecule has 4 rings (SSSR count). The fraction of sp³-hybridized carbons (Fsp3) is 0.316. The Morgan fingerprint density at radius 3 is 3.12 bits per heavy atom. The fourth-order valence-electron chi connectivity index (χ4n) is 2.89. The van der Waals surface area contributed by atoms with Crippen molar-refractivity contribution in [2.45, 2.75) is 13.0 Å². The lowest BCUT2D eigenvalue weighted by Crippen LogP contribution is -2.29. The van der Waals surface area contributed by atoms with Gasteiger partial charge in [-0.05, 0) is 18.6 Å². The molecule has 0 unspecified atom stereocenters. The molecule has 3 aromatic rings. The average molecular weight is 353 g/mol. The van der Waals surface area contributed by atoms with Gasteiger partial charge in [0, 0.05) is 30.7 Å². The molecule has 7 nitrogen and oxygen atoms in total. The maximum atomic E-state index is 12.1. The quantitative estimate of drug-likeness (QED) is 0.733. The molecule has 1 aliphatic heterocycles. The summed E-state index contributed by atoms with van der Waals surface area (Å²) in [5.41, 5.74) is 1.02. The first-order valence-corrected chi connectivity index (χ1v) is 8.56. The van der Waals surface area contributed by atoms with Crippen LogP contribution in [0.3, 0.4) is 0 Å². The number of amides is 1. The summed E-state index contributed by atoms with van der Waals surface area (Å²) in [5, 5.41) is 3.85. The molecule has 134 valence electrons. The lowest BCUT2D eigenvalue weighted by Gasteiger charge is -2.07. The van der Waals surface area contributed by atoms with Gasteiger partial charge < -0.3 is 19.2 Å². The van der Waals surface area contributed by atoms with Gasteiger partial charge in [-0.1, -0.05) is 18.2 Å². The van der Waals surface area contributed by atoms with Crippen molar-refractivity contribution >= 4 is 16.8 Å². The summed E-state index contributed by atoms with van der Waals surface area (Å²) in [5.74, 6) is 1.10. The van der Waals surface area contributed by atoms with Gasteiger partial charge in [0.25, 0.3) is 5.91 Å². The number of carbonyl (C=O) groups excluding carboxylic acids is 1. The van der Waals surface area contributed by atoms with Crippen LogP contribution >= 0.6 is 0 Å². The second kappa shape index (κ2) is 7.53. The largest absolute Gasteiger partial charge is 0.482 e. The third-order valence-electron chi connectivity index (χ3n) is 4.31. The minimum Gasteiger partial charge on any atom is -0.482 e. The first-order chi connectivity index (χ1) is 12.8. The zero-order chi connectivity index (χ0) is 17.8. The number of ether oxygens (including phenoxy) is 2. The highest BCUT2D eigenvalue weighted by Crippen LogP contribution is 2.23. The van der Waals surface area contributed by atoms with Gasteiger partial charge in [0.1, 0.15) is 17.5 Å². The number of hydrogen-bond acceptors (Lipinski definition) is 6. The van der Waals surface area contributed by atoms with E-state index in [-0.39, 0.29) is 18.2 Å². The van der Waals surface area contributed by atoms with Crippen LogP contribution in [0, 0.1) is 5.92 Å². The topological polar surface area (TPSA) is 86.5 Å². The maximum Gasteiger partial charge on any atom is 0.273 e. The van der Waals surface area contributed by atoms with E-state index in [2.05, 4.69) is 15.3 Å². The Labute approximate surface area is 150 Å². The predicted molar refractivity (Wildman–Crippen MR) is 93.8 cm³/mol. The number of para-hydroxylation sites is 1. The molecule has 0 aliphatic carbocycles. The fourth-order valence-corrected chi connectivity index (χ4v) is 2.89. The lowest BCUT2D eigenvalue weighted by atomic mass is 10.1. The zero-order valence-electron chi connectivity index (χ0n) is 14.2. The van der Waals surface area contributed by atoms with Gasteiger partial charge in [0.15, 0.2) is 12.3 Å². The molecule has 2 aromatic heterocycles. The predicted octanol–water partition coefficient (Wildman–Crippen LogP) is 2.57. The third kappa shape index (κ3) is 3.67. The van der Waals surface area contributed by atoms with Crippen LogP contribution in [0.25, 0.3) is 10.9 Å². The number of hydrogen-bond donors (Lipinski definition) is 1. The Balaban J connectivity index is 1.36. The van der Waals surface area contributed by atoms with Crippen LogP contribution in [0.15, 0.2) is 47.2 Å². The van der Waals surface area contributed by atoms with Gasteiger partial charge in [0.2, 0.25) is 5.89 Å². The first kappa shape index (κ1) is 16.5. The number of nitrogens with zero attached hydrogens (tertiary/aromatic N) is 2. The van der Waals surface area contributed by atoms with Crippen molar-refractivity contribution in [3.63, 3.8) is 0 Å². The smallest absolute Gasteiger partial charge is 0.273 e. The second-order valence-electron chi connectivity index (χ2n) is 6.19. The number of fused-ring (bicyclic) bond motifs is 1. The second-order valence-corrected chi connectivity index (χ2v) is 6.19. The van der Waals surface area contributed by atoms with Crippen LogP contribution in [-0.2, 0) is 11.3 Å². The summed E-state index contributed by atoms with van der Waals surface area (Å²) < 4.78 is 16.4. The van der Waals surface area contributed by atoms with Crippen LogP contribution in [0.1, 0.15) is 22.8 Å². The first-order valence-electron chi connectivity index (χ1n) is 8.56. The standard InChI is InChI=1S/C19H19N3O4/c23-19(21-9-13-6-8-24-10-13)15-11-26-17(22-15)12-25-16-5-1-3-14-4-2-7-20-18(14)16/h1-5,7,11,13H,6,8-10,12H2,(H,21,23)/t13-/m1/s1. The minimum absolute atomic E-state index is 0.124. The van der Waals surface area contributed by atoms with Crippen molar-refractivity contribution in [3.05, 3.63) is 54.4 Å². The van der Waals surface area contributed by atoms with E-state index in [9.17, 15) is 4.79 Å². The molecule has 1 fully saturated rings. The molecular weight excluding hydrogens is 334 g/mol. The van der Waals surface area contributed by atoms with Gasteiger partial charge in [0.05, 0.1) is 6.61 Å². The van der Waals surface area contributed by atoms with Crippen LogP contribution in [-0.4, -0.2) is 35.6 Å². The Kier molecular flexibility index (Phi) is 4.79. The Morgan fingerprint density at radius 1 is 1.31 bits per heavy atom. The molecule has 1 saturated heterocycles. The van der Waals surface area contributed by atoms with E-state index in [4.69, 9.17) is 13.9 Å². The van der Waals surface area contributed by atoms with Crippen molar-refractivity contribution in [2.75, 3.05) is 19.8 Å². The number of pyridine rings is 1. The van der Waals surface area contributed by atoms with Gasteiger partial charge in [-0.15, -0.1) is 0 Å². The number of oxazole rings is 1. The Morgan fingerprint density at radius 2 is 2.23 bits per heavy atom. The molecule has 1 aromatic carbocycles. The highest BCUT2D eigenvalue weighted by molar-refractivity contribution is 5.91. The van der Waals surface area contributed by atoms with Gasteiger partial charge in [-0.3, -0.25) is 9.78 Å². The van der Waals surface area contributed by atoms with Crippen LogP contribution in [0.4, 0.5) is 0 Å². The van der Waals surface area contributed by atoms with Crippen molar-refractivity contribution in [1.82, 2.24) is 15.3 Å². The highest BCUT2D eigenvalue weighted by atomic mass is 16.5. The molecule has 1 aliphatic rings. The number of nitrogens with one attached hydrogen (secondary N) is 1. The number of benzene rings is 1. The zero-order valence-corrected chi connectivity index (χ0v) is 14.2. The monoisotopic (exact) mass is 353 g/mol. The van der Waals surface area contributed by atoms with Crippen LogP contribution < -0.4 is 10.1 Å². The maximum absolute atomic E-state index is 12.1. The average Bonchev–Trinajstić information content (AvgIpc) is 3.36. The third-order valence-corrected chi connectivity index (χ3v) is 4.31. The molecule has 0 radical (unpaired) electrons. The van der Waals surface area contributed by atoms with E-state index >= 15 is 0 Å². The van der Waals surface area contributed by atoms with Gasteiger partial charge in [-0.2, -0.15) is 0 Å². The van der Waals surface area contributed by atoms with E-state index in [1.165, 1.54) is 6.26 Å². The molecule has 1 N–H and O–H groups in total. The number of aromatic nitrogens is 2. The minimum atomic E-state index is -0.251. The van der Waals surface area contributed by atoms with Crippen LogP contribution in [0.2, 0.25) is 0 Å². The lowest BCUT2D eigenvalue weighted by molar-refractivity contribution is 0.0940. The van der Waals surface area contributed by atoms with E-state index in [0.29, 0.717) is 30.7 Å². The van der Waals surface area contributed by atoms with Crippen molar-refractivity contribution in [3.8, 4) is 5.75 Å². The SMILES string of the molecule is O=C(NC[C@H]1CCOC1)c1coc(COc2cccc3cccnc23)n1. The van der Waals surface area contributed by atoms with E-state index < -0.39 is 0 Å². The number of rotatable bonds is 6. The van der Waals surface area contributed by atoms with E-state index in [1.807, 2.05) is 30.3 Å². The summed E-state index contributed by atoms with van der Waals surface area (Å²) >= 11 is 0. The summed E-state index contributed by atoms with van der Waals surface area (Å²) in [4.78, 5) is 20.7. The Hall–Kier alpha value is -2.93. The molecular formula is C19H19N3O4. The molecule has 0 bridgehead atoms. The van der Waals surface area contributed by atoms with Crippen molar-refractivity contribution in [1.29, 1.82) is 0 Å². The van der Waals surface area contributed by atoms with Crippen LogP contribution in [0.5, 0.6) is 5.75 Å². The van der Waals surface area contributed by atoms with Crippen molar-refractivity contribution in [2.24, 2.45) is 5.92 Å². The Bertz CT molecular complexity index is 897. The van der Waals surface area contributed by atoms with E-state index in [0.717, 1.165) is 23.9 Å². The molecule has 1 atom stereocenters. The van der Waals surface area contributed by atoms with Gasteiger partial charge in [-0.25, -0.2) is 4.98 Å². The molecule has 0 saturated carbocycles. The summed E-state index contributed by atoms with van der Waals surface area (Å²) in [6.45, 7) is 2.16. The van der Waals surface area contributed by atoms with Gasteiger partial charge >= 0.3 is 0 Å². The highest BCUT2D eigenvalue weighted by Gasteiger charge is 2.18. The normalized spacial score (nSPS) is 16.7. The van der Waals surface area contributed by atoms with Crippen molar-refractivity contribution < 1.29 is 18.7 Å². The summed E-state index contributed by atoms with van der Waals surface area (Å²) in [6.07, 6.45) is 4.04. The van der Waals surface area contributed by atoms with E-state index in [1.54, 1.807) is 6.20 Å². The summed E-state index contributed by atoms with van der Waals surface area (Å²) in [7, 11) is 0. The molecule has 0 spiro atoms. The molecule has 1 amide bonds. The number of carbonyl (C=O) groups is 1. The summed E-state index contributed by atoms with van der Waals surface area (Å²) in [6, 6.07) is 9.56.